The Labute approximate surface area is 87.5 Å². The van der Waals surface area contributed by atoms with Crippen molar-refractivity contribution < 1.29 is 0 Å². The van der Waals surface area contributed by atoms with Crippen molar-refractivity contribution in [2.75, 3.05) is 0 Å². The largest absolute Gasteiger partial charge is 0.361 e. The average Bonchev–Trinajstić information content (AvgIpc) is 2.26. The van der Waals surface area contributed by atoms with Crippen molar-refractivity contribution in [3.63, 3.8) is 0 Å². The Bertz CT molecular complexity index is 571. The highest BCUT2D eigenvalue weighted by Crippen LogP contribution is 2.06. The zero-order valence-electron chi connectivity index (χ0n) is 8.18. The van der Waals surface area contributed by atoms with E-state index in [9.17, 15) is 4.79 Å². The van der Waals surface area contributed by atoms with Gasteiger partial charge in [-0.1, -0.05) is 36.4 Å². The molecule has 0 atom stereocenters. The predicted molar refractivity (Wildman–Crippen MR) is 62.2 cm³/mol. The Morgan fingerprint density at radius 2 is 1.47 bits per heavy atom. The first-order valence-corrected chi connectivity index (χ1v) is 4.77. The van der Waals surface area contributed by atoms with E-state index in [1.165, 1.54) is 12.1 Å². The van der Waals surface area contributed by atoms with Crippen LogP contribution in [0.4, 0.5) is 0 Å². The van der Waals surface area contributed by atoms with Crippen molar-refractivity contribution in [1.29, 1.82) is 0 Å². The van der Waals surface area contributed by atoms with Gasteiger partial charge in [-0.2, -0.15) is 0 Å². The van der Waals surface area contributed by atoms with Crippen molar-refractivity contribution in [2.24, 2.45) is 0 Å². The molecule has 0 unspecified atom stereocenters. The van der Waals surface area contributed by atoms with Gasteiger partial charge in [-0.15, -0.1) is 0 Å². The minimum atomic E-state index is -0.0217. The summed E-state index contributed by atoms with van der Waals surface area (Å²) >= 11 is 0. The molecule has 2 nitrogen and oxygen atoms in total. The quantitative estimate of drug-likeness (QED) is 0.692. The van der Waals surface area contributed by atoms with Crippen LogP contribution in [0.25, 0.3) is 10.9 Å². The lowest BCUT2D eigenvalue weighted by Crippen LogP contribution is -1.89. The number of fused-ring (bicyclic) bond motifs is 1. The smallest absolute Gasteiger partial charge is 0.180 e. The van der Waals surface area contributed by atoms with E-state index >= 15 is 0 Å². The number of H-pyrrole nitrogens is 1. The molecular weight excluding hydrogens is 186 g/mol. The number of rotatable bonds is 0. The Morgan fingerprint density at radius 3 is 2.27 bits per heavy atom. The van der Waals surface area contributed by atoms with E-state index in [-0.39, 0.29) is 5.43 Å². The summed E-state index contributed by atoms with van der Waals surface area (Å²) < 4.78 is 0. The molecule has 0 radical (unpaired) electrons. The van der Waals surface area contributed by atoms with Crippen LogP contribution in [-0.2, 0) is 0 Å². The first-order valence-electron chi connectivity index (χ1n) is 4.77. The van der Waals surface area contributed by atoms with Gasteiger partial charge in [-0.25, -0.2) is 0 Å². The van der Waals surface area contributed by atoms with Gasteiger partial charge in [0.25, 0.3) is 0 Å². The molecule has 2 heteroatoms. The van der Waals surface area contributed by atoms with Crippen LogP contribution in [0, 0.1) is 0 Å². The highest BCUT2D eigenvalue weighted by Gasteiger charge is 1.84. The normalized spacial score (nSPS) is 9.60. The summed E-state index contributed by atoms with van der Waals surface area (Å²) in [6.07, 6.45) is 1.66. The Balaban J connectivity index is 2.80. The topological polar surface area (TPSA) is 32.9 Å². The fraction of sp³-hybridized carbons (Fsp3) is 0. The Kier molecular flexibility index (Phi) is 2.79. The number of nitrogens with one attached hydrogen (secondary N) is 1. The molecule has 1 N–H and O–H groups in total. The van der Waals surface area contributed by atoms with Gasteiger partial charge in [-0.3, -0.25) is 4.79 Å². The third-order valence-electron chi connectivity index (χ3n) is 2.09. The molecule has 0 aliphatic rings. The number of aromatic amines is 1. The van der Waals surface area contributed by atoms with Crippen LogP contribution in [0.3, 0.4) is 0 Å². The molecule has 0 spiro atoms. The SMILES string of the molecule is O=c1ccccc2ccccc2[nH]cc1. The fourth-order valence-corrected chi connectivity index (χ4v) is 1.35. The second-order valence-corrected chi connectivity index (χ2v) is 3.19. The van der Waals surface area contributed by atoms with Crippen molar-refractivity contribution in [3.05, 3.63) is 71.0 Å². The molecule has 0 amide bonds. The van der Waals surface area contributed by atoms with Crippen LogP contribution in [0.1, 0.15) is 0 Å². The monoisotopic (exact) mass is 197 g/mol. The molecule has 0 aliphatic carbocycles. The van der Waals surface area contributed by atoms with Gasteiger partial charge in [0.15, 0.2) is 5.43 Å². The summed E-state index contributed by atoms with van der Waals surface area (Å²) in [5.41, 5.74) is 0.972. The third kappa shape index (κ3) is 2.44. The standard InChI is InChI=1S/C13H11NO/c15-12-7-3-1-5-11-6-2-4-8-13(11)14-10-9-12/h1-10,14H. The molecule has 1 aromatic carbocycles. The van der Waals surface area contributed by atoms with Crippen LogP contribution in [0.2, 0.25) is 0 Å². The molecule has 0 aliphatic heterocycles. The van der Waals surface area contributed by atoms with Crippen LogP contribution in [-0.4, -0.2) is 4.98 Å². The fourth-order valence-electron chi connectivity index (χ4n) is 1.35. The van der Waals surface area contributed by atoms with Gasteiger partial charge < -0.3 is 4.98 Å². The van der Waals surface area contributed by atoms with E-state index in [2.05, 4.69) is 4.98 Å². The van der Waals surface area contributed by atoms with Gasteiger partial charge in [0.1, 0.15) is 0 Å². The van der Waals surface area contributed by atoms with E-state index in [1.54, 1.807) is 12.3 Å². The molecule has 1 aromatic heterocycles. The highest BCUT2D eigenvalue weighted by atomic mass is 16.1. The van der Waals surface area contributed by atoms with Crippen LogP contribution in [0.15, 0.2) is 65.6 Å². The van der Waals surface area contributed by atoms with Crippen molar-refractivity contribution >= 4 is 10.9 Å². The lowest BCUT2D eigenvalue weighted by molar-refractivity contribution is 1.41. The molecule has 1 heterocycles. The molecule has 2 aromatic rings. The Morgan fingerprint density at radius 1 is 0.800 bits per heavy atom. The van der Waals surface area contributed by atoms with Gasteiger partial charge in [0, 0.05) is 17.8 Å². The summed E-state index contributed by atoms with van der Waals surface area (Å²) in [5.74, 6) is 0. The van der Waals surface area contributed by atoms with E-state index in [0.717, 1.165) is 10.9 Å². The summed E-state index contributed by atoms with van der Waals surface area (Å²) in [6, 6.07) is 16.5. The number of hydrogen-bond donors (Lipinski definition) is 1. The zero-order valence-corrected chi connectivity index (χ0v) is 8.18. The first kappa shape index (κ1) is 9.46. The van der Waals surface area contributed by atoms with Gasteiger partial charge in [0.2, 0.25) is 0 Å². The van der Waals surface area contributed by atoms with E-state index in [4.69, 9.17) is 0 Å². The molecule has 0 bridgehead atoms. The molecule has 74 valence electrons. The summed E-state index contributed by atoms with van der Waals surface area (Å²) in [4.78, 5) is 14.2. The van der Waals surface area contributed by atoms with Crippen molar-refractivity contribution in [3.8, 4) is 0 Å². The van der Waals surface area contributed by atoms with Crippen LogP contribution in [0.5, 0.6) is 0 Å². The molecule has 0 saturated heterocycles. The lowest BCUT2D eigenvalue weighted by atomic mass is 10.2. The molecule has 15 heavy (non-hydrogen) atoms. The van der Waals surface area contributed by atoms with E-state index in [1.807, 2.05) is 36.4 Å². The van der Waals surface area contributed by atoms with Crippen LogP contribution >= 0.6 is 0 Å². The number of aromatic nitrogens is 1. The number of para-hydroxylation sites is 1. The minimum Gasteiger partial charge on any atom is -0.361 e. The van der Waals surface area contributed by atoms with Gasteiger partial charge in [-0.05, 0) is 17.5 Å². The Hall–Kier alpha value is -2.09. The molecule has 0 saturated carbocycles. The maximum Gasteiger partial charge on any atom is 0.180 e. The van der Waals surface area contributed by atoms with Crippen LogP contribution < -0.4 is 5.43 Å². The van der Waals surface area contributed by atoms with Gasteiger partial charge >= 0.3 is 0 Å². The maximum absolute atomic E-state index is 11.2. The predicted octanol–water partition coefficient (Wildman–Crippen LogP) is 2.65. The number of benzene rings is 1. The van der Waals surface area contributed by atoms with Crippen molar-refractivity contribution in [2.45, 2.75) is 0 Å². The second kappa shape index (κ2) is 4.42. The van der Waals surface area contributed by atoms with E-state index in [0.29, 0.717) is 0 Å². The second-order valence-electron chi connectivity index (χ2n) is 3.19. The lowest BCUT2D eigenvalue weighted by Gasteiger charge is -1.91. The summed E-state index contributed by atoms with van der Waals surface area (Å²) in [6.45, 7) is 0. The summed E-state index contributed by atoms with van der Waals surface area (Å²) in [5, 5.41) is 1.10. The van der Waals surface area contributed by atoms with Crippen molar-refractivity contribution in [1.82, 2.24) is 4.98 Å². The van der Waals surface area contributed by atoms with E-state index < -0.39 is 0 Å². The molecule has 0 fully saturated rings. The van der Waals surface area contributed by atoms with Gasteiger partial charge in [0.05, 0.1) is 0 Å². The summed E-state index contributed by atoms with van der Waals surface area (Å²) in [7, 11) is 0. The zero-order chi connectivity index (χ0) is 10.5. The molecular formula is C13H11NO. The third-order valence-corrected chi connectivity index (χ3v) is 2.09. The first-order chi connectivity index (χ1) is 7.36. The maximum atomic E-state index is 11.2. The highest BCUT2D eigenvalue weighted by molar-refractivity contribution is 5.77. The minimum absolute atomic E-state index is 0.0217. The number of hydrogen-bond acceptors (Lipinski definition) is 1. The average molecular weight is 197 g/mol. The molecule has 2 rings (SSSR count).